The Morgan fingerprint density at radius 2 is 2.00 bits per heavy atom. The van der Waals surface area contributed by atoms with E-state index in [4.69, 9.17) is 4.74 Å². The van der Waals surface area contributed by atoms with Gasteiger partial charge < -0.3 is 9.64 Å². The predicted octanol–water partition coefficient (Wildman–Crippen LogP) is 3.64. The van der Waals surface area contributed by atoms with Crippen LogP contribution in [0.5, 0.6) is 0 Å². The van der Waals surface area contributed by atoms with Gasteiger partial charge in [-0.1, -0.05) is 13.8 Å². The third kappa shape index (κ3) is 4.07. The molecule has 1 unspecified atom stereocenters. The first-order valence-corrected chi connectivity index (χ1v) is 6.42. The zero-order valence-electron chi connectivity index (χ0n) is 11.5. The van der Waals surface area contributed by atoms with Crippen molar-refractivity contribution >= 4 is 0 Å². The monoisotopic (exact) mass is 225 g/mol. The fourth-order valence-corrected chi connectivity index (χ4v) is 2.20. The summed E-state index contributed by atoms with van der Waals surface area (Å²) in [6.07, 6.45) is 2.60. The highest BCUT2D eigenvalue weighted by molar-refractivity contribution is 4.90. The van der Waals surface area contributed by atoms with Gasteiger partial charge in [-0.3, -0.25) is 0 Å². The second kappa shape index (κ2) is 5.11. The highest BCUT2D eigenvalue weighted by atomic mass is 16.5. The van der Waals surface area contributed by atoms with Gasteiger partial charge in [-0.15, -0.1) is 0 Å². The van der Waals surface area contributed by atoms with Gasteiger partial charge in [0.15, 0.2) is 5.88 Å². The first kappa shape index (κ1) is 13.4. The molecule has 0 N–H and O–H groups in total. The highest BCUT2D eigenvalue weighted by Crippen LogP contribution is 2.27. The molecular weight excluding hydrogens is 198 g/mol. The third-order valence-corrected chi connectivity index (χ3v) is 3.18. The summed E-state index contributed by atoms with van der Waals surface area (Å²) in [4.78, 5) is 2.30. The molecule has 0 aromatic carbocycles. The Kier molecular flexibility index (Phi) is 4.28. The van der Waals surface area contributed by atoms with Crippen LogP contribution in [-0.4, -0.2) is 23.6 Å². The molecule has 2 nitrogen and oxygen atoms in total. The Hall–Kier alpha value is -0.660. The minimum Gasteiger partial charge on any atom is -0.474 e. The minimum atomic E-state index is -0.137. The Morgan fingerprint density at radius 1 is 1.38 bits per heavy atom. The van der Waals surface area contributed by atoms with E-state index < -0.39 is 0 Å². The van der Waals surface area contributed by atoms with Crippen molar-refractivity contribution in [2.75, 3.05) is 13.1 Å². The molecule has 1 rings (SSSR count). The zero-order valence-corrected chi connectivity index (χ0v) is 11.5. The van der Waals surface area contributed by atoms with Crippen molar-refractivity contribution in [3.8, 4) is 0 Å². The lowest BCUT2D eigenvalue weighted by Gasteiger charge is -2.38. The number of likely N-dealkylation sites (tertiary alicyclic amines) is 1. The number of nitrogens with zero attached hydrogens (tertiary/aromatic N) is 1. The third-order valence-electron chi connectivity index (χ3n) is 3.18. The quantitative estimate of drug-likeness (QED) is 0.680. The molecule has 0 aromatic rings. The molecule has 0 spiro atoms. The van der Waals surface area contributed by atoms with Crippen LogP contribution in [0.4, 0.5) is 0 Å². The van der Waals surface area contributed by atoms with Gasteiger partial charge in [0, 0.05) is 13.1 Å². The molecule has 1 atom stereocenters. The largest absolute Gasteiger partial charge is 0.474 e. The molecule has 1 heterocycles. The molecule has 0 saturated carbocycles. The van der Waals surface area contributed by atoms with Gasteiger partial charge in [0.25, 0.3) is 0 Å². The van der Waals surface area contributed by atoms with Crippen LogP contribution in [0.15, 0.2) is 12.5 Å². The van der Waals surface area contributed by atoms with E-state index in [1.807, 2.05) is 0 Å². The highest BCUT2D eigenvalue weighted by Gasteiger charge is 2.25. The summed E-state index contributed by atoms with van der Waals surface area (Å²) in [7, 11) is 0. The molecule has 1 aliphatic rings. The molecule has 0 radical (unpaired) electrons. The Morgan fingerprint density at radius 3 is 2.50 bits per heavy atom. The van der Waals surface area contributed by atoms with Crippen LogP contribution in [0, 0.1) is 11.8 Å². The summed E-state index contributed by atoms with van der Waals surface area (Å²) in [5, 5.41) is 0. The number of hydrogen-bond acceptors (Lipinski definition) is 2. The standard InChI is InChI=1S/C14H27NO/c1-11(2)13-8-7-9-15(10-13)12(3)16-14(4,5)6/h11,13H,3,7-10H2,1-2,4-6H3. The second-order valence-corrected chi connectivity index (χ2v) is 6.20. The maximum Gasteiger partial charge on any atom is 0.182 e. The van der Waals surface area contributed by atoms with Gasteiger partial charge in [0.05, 0.1) is 0 Å². The molecule has 16 heavy (non-hydrogen) atoms. The average Bonchev–Trinajstić information content (AvgIpc) is 2.15. The molecule has 0 amide bonds. The van der Waals surface area contributed by atoms with Gasteiger partial charge in [0.2, 0.25) is 0 Å². The lowest BCUT2D eigenvalue weighted by Crippen LogP contribution is -2.38. The van der Waals surface area contributed by atoms with Crippen LogP contribution in [-0.2, 0) is 4.74 Å². The summed E-state index contributed by atoms with van der Waals surface area (Å²) in [6, 6.07) is 0. The second-order valence-electron chi connectivity index (χ2n) is 6.20. The summed E-state index contributed by atoms with van der Waals surface area (Å²) in [5.74, 6) is 2.39. The fourth-order valence-electron chi connectivity index (χ4n) is 2.20. The predicted molar refractivity (Wildman–Crippen MR) is 69.1 cm³/mol. The van der Waals surface area contributed by atoms with E-state index in [1.54, 1.807) is 0 Å². The molecule has 0 aliphatic carbocycles. The van der Waals surface area contributed by atoms with E-state index in [9.17, 15) is 0 Å². The normalized spacial score (nSPS) is 22.4. The van der Waals surface area contributed by atoms with Gasteiger partial charge in [-0.05, 0) is 52.0 Å². The summed E-state index contributed by atoms with van der Waals surface area (Å²) in [6.45, 7) is 17.1. The molecule has 1 fully saturated rings. The smallest absolute Gasteiger partial charge is 0.182 e. The minimum absolute atomic E-state index is 0.137. The number of ether oxygens (including phenoxy) is 1. The van der Waals surface area contributed by atoms with Crippen LogP contribution in [0.3, 0.4) is 0 Å². The van der Waals surface area contributed by atoms with E-state index in [0.717, 1.165) is 30.8 Å². The number of piperidine rings is 1. The summed E-state index contributed by atoms with van der Waals surface area (Å²) < 4.78 is 5.84. The Bertz CT molecular complexity index is 240. The van der Waals surface area contributed by atoms with Crippen LogP contribution < -0.4 is 0 Å². The molecule has 2 heteroatoms. The molecule has 1 aliphatic heterocycles. The van der Waals surface area contributed by atoms with Crippen molar-refractivity contribution in [3.63, 3.8) is 0 Å². The first-order chi connectivity index (χ1) is 7.29. The van der Waals surface area contributed by atoms with E-state index in [2.05, 4.69) is 46.1 Å². The number of hydrogen-bond donors (Lipinski definition) is 0. The molecular formula is C14H27NO. The molecule has 1 saturated heterocycles. The molecule has 0 aromatic heterocycles. The zero-order chi connectivity index (χ0) is 12.3. The van der Waals surface area contributed by atoms with Gasteiger partial charge in [0.1, 0.15) is 5.60 Å². The van der Waals surface area contributed by atoms with Gasteiger partial charge >= 0.3 is 0 Å². The maximum atomic E-state index is 5.84. The average molecular weight is 225 g/mol. The van der Waals surface area contributed by atoms with E-state index in [-0.39, 0.29) is 5.60 Å². The molecule has 94 valence electrons. The summed E-state index contributed by atoms with van der Waals surface area (Å²) >= 11 is 0. The van der Waals surface area contributed by atoms with Crippen molar-refractivity contribution in [1.82, 2.24) is 4.90 Å². The Balaban J connectivity index is 2.50. The van der Waals surface area contributed by atoms with Crippen LogP contribution in [0.2, 0.25) is 0 Å². The Labute approximate surface area is 101 Å². The van der Waals surface area contributed by atoms with Crippen LogP contribution >= 0.6 is 0 Å². The van der Waals surface area contributed by atoms with Crippen LogP contribution in [0.1, 0.15) is 47.5 Å². The van der Waals surface area contributed by atoms with E-state index in [0.29, 0.717) is 0 Å². The van der Waals surface area contributed by atoms with Crippen molar-refractivity contribution in [1.29, 1.82) is 0 Å². The van der Waals surface area contributed by atoms with Crippen LogP contribution in [0.25, 0.3) is 0 Å². The van der Waals surface area contributed by atoms with E-state index >= 15 is 0 Å². The lowest BCUT2D eigenvalue weighted by atomic mass is 9.88. The van der Waals surface area contributed by atoms with Gasteiger partial charge in [-0.2, -0.15) is 0 Å². The maximum absolute atomic E-state index is 5.84. The van der Waals surface area contributed by atoms with E-state index in [1.165, 1.54) is 12.8 Å². The summed E-state index contributed by atoms with van der Waals surface area (Å²) in [5.41, 5.74) is -0.137. The van der Waals surface area contributed by atoms with Gasteiger partial charge in [-0.25, -0.2) is 0 Å². The topological polar surface area (TPSA) is 12.5 Å². The van der Waals surface area contributed by atoms with Crippen molar-refractivity contribution in [3.05, 3.63) is 12.5 Å². The lowest BCUT2D eigenvalue weighted by molar-refractivity contribution is -0.0106. The van der Waals surface area contributed by atoms with Crippen molar-refractivity contribution in [2.45, 2.75) is 53.1 Å². The van der Waals surface area contributed by atoms with Crippen molar-refractivity contribution < 1.29 is 4.74 Å². The first-order valence-electron chi connectivity index (χ1n) is 6.42. The fraction of sp³-hybridized carbons (Fsp3) is 0.857. The van der Waals surface area contributed by atoms with Crippen molar-refractivity contribution in [2.24, 2.45) is 11.8 Å². The SMILES string of the molecule is C=C(OC(C)(C)C)N1CCCC(C(C)C)C1. The molecule has 0 bridgehead atoms. The number of rotatable bonds is 3.